The third kappa shape index (κ3) is 3.68. The summed E-state index contributed by atoms with van der Waals surface area (Å²) in [7, 11) is 0. The zero-order valence-corrected chi connectivity index (χ0v) is 11.6. The Morgan fingerprint density at radius 3 is 2.76 bits per heavy atom. The molecule has 2 atom stereocenters. The fraction of sp³-hybridized carbons (Fsp3) is 0.385. The number of rotatable bonds is 4. The summed E-state index contributed by atoms with van der Waals surface area (Å²) in [6.07, 6.45) is -1.02. The van der Waals surface area contributed by atoms with E-state index in [2.05, 4.69) is 10.6 Å². The summed E-state index contributed by atoms with van der Waals surface area (Å²) < 4.78 is 26.8. The predicted molar refractivity (Wildman–Crippen MR) is 71.5 cm³/mol. The molecule has 1 amide bonds. The van der Waals surface area contributed by atoms with Crippen LogP contribution in [0.15, 0.2) is 12.1 Å². The van der Waals surface area contributed by atoms with Crippen molar-refractivity contribution in [2.24, 2.45) is 0 Å². The number of nitrogens with one attached hydrogen (secondary N) is 2. The van der Waals surface area contributed by atoms with Crippen molar-refractivity contribution in [1.29, 1.82) is 0 Å². The normalized spacial score (nSPS) is 21.3. The molecule has 1 aromatic carbocycles. The molecule has 21 heavy (non-hydrogen) atoms. The number of hydrogen-bond donors (Lipinski definition) is 3. The monoisotopic (exact) mass is 318 g/mol. The van der Waals surface area contributed by atoms with Gasteiger partial charge in [0.25, 0.3) is 0 Å². The minimum atomic E-state index is -1.25. The van der Waals surface area contributed by atoms with Crippen molar-refractivity contribution in [1.82, 2.24) is 10.6 Å². The fourth-order valence-electron chi connectivity index (χ4n) is 2.10. The minimum absolute atomic E-state index is 0.0388. The molecule has 0 saturated carbocycles. The van der Waals surface area contributed by atoms with E-state index in [0.717, 1.165) is 12.1 Å². The van der Waals surface area contributed by atoms with E-state index in [1.807, 2.05) is 0 Å². The van der Waals surface area contributed by atoms with Gasteiger partial charge in [-0.2, -0.15) is 0 Å². The maximum atomic E-state index is 13.8. The number of aromatic carboxylic acids is 1. The number of halogens is 3. The van der Waals surface area contributed by atoms with E-state index < -0.39 is 29.9 Å². The van der Waals surface area contributed by atoms with Gasteiger partial charge in [-0.15, -0.1) is 0 Å². The van der Waals surface area contributed by atoms with Crippen LogP contribution in [-0.4, -0.2) is 35.7 Å². The maximum Gasteiger partial charge on any atom is 0.335 e. The van der Waals surface area contributed by atoms with Crippen LogP contribution in [0, 0.1) is 5.82 Å². The van der Waals surface area contributed by atoms with Crippen molar-refractivity contribution in [2.45, 2.75) is 25.2 Å². The number of hydrogen-bond acceptors (Lipinski definition) is 3. The van der Waals surface area contributed by atoms with Crippen LogP contribution in [0.3, 0.4) is 0 Å². The third-order valence-electron chi connectivity index (χ3n) is 3.20. The van der Waals surface area contributed by atoms with Gasteiger partial charge >= 0.3 is 5.97 Å². The van der Waals surface area contributed by atoms with E-state index in [-0.39, 0.29) is 35.7 Å². The molecular weight excluding hydrogens is 306 g/mol. The number of carboxylic acid groups (broad SMARTS) is 1. The number of benzene rings is 1. The lowest BCUT2D eigenvalue weighted by molar-refractivity contribution is -0.123. The van der Waals surface area contributed by atoms with Gasteiger partial charge in [0.05, 0.1) is 16.6 Å². The molecule has 5 nitrogen and oxygen atoms in total. The highest BCUT2D eigenvalue weighted by Crippen LogP contribution is 2.21. The second-order valence-electron chi connectivity index (χ2n) is 4.75. The standard InChI is InChI=1S/C13H13ClF2N2O3/c14-9-2-6(13(20)21)1-7(11(9)16)4-18-12(19)10-3-8(15)5-17-10/h1-2,8,10,17H,3-5H2,(H,18,19)(H,20,21)/t8-,10+/m1/s1. The van der Waals surface area contributed by atoms with Gasteiger partial charge in [-0.1, -0.05) is 11.6 Å². The molecule has 1 saturated heterocycles. The summed E-state index contributed by atoms with van der Waals surface area (Å²) in [6.45, 7) is -0.118. The molecule has 1 aromatic rings. The van der Waals surface area contributed by atoms with Crippen molar-refractivity contribution >= 4 is 23.5 Å². The van der Waals surface area contributed by atoms with Crippen LogP contribution in [-0.2, 0) is 11.3 Å². The molecule has 3 N–H and O–H groups in total. The van der Waals surface area contributed by atoms with Crippen LogP contribution >= 0.6 is 11.6 Å². The lowest BCUT2D eigenvalue weighted by Crippen LogP contribution is -2.40. The molecule has 1 fully saturated rings. The van der Waals surface area contributed by atoms with Crippen LogP contribution in [0.1, 0.15) is 22.3 Å². The van der Waals surface area contributed by atoms with Crippen LogP contribution in [0.5, 0.6) is 0 Å². The first-order valence-electron chi connectivity index (χ1n) is 6.25. The van der Waals surface area contributed by atoms with Crippen molar-refractivity contribution in [2.75, 3.05) is 6.54 Å². The molecule has 0 radical (unpaired) electrons. The van der Waals surface area contributed by atoms with E-state index in [1.54, 1.807) is 0 Å². The van der Waals surface area contributed by atoms with Gasteiger partial charge in [-0.05, 0) is 12.1 Å². The number of carbonyl (C=O) groups is 2. The van der Waals surface area contributed by atoms with E-state index in [0.29, 0.717) is 0 Å². The van der Waals surface area contributed by atoms with Crippen LogP contribution < -0.4 is 10.6 Å². The van der Waals surface area contributed by atoms with Gasteiger partial charge in [0.2, 0.25) is 5.91 Å². The topological polar surface area (TPSA) is 78.4 Å². The first-order valence-corrected chi connectivity index (χ1v) is 6.62. The van der Waals surface area contributed by atoms with Crippen molar-refractivity contribution in [3.63, 3.8) is 0 Å². The number of alkyl halides is 1. The van der Waals surface area contributed by atoms with Crippen molar-refractivity contribution in [3.8, 4) is 0 Å². The smallest absolute Gasteiger partial charge is 0.335 e. The molecule has 0 aliphatic carbocycles. The summed E-state index contributed by atoms with van der Waals surface area (Å²) in [5.74, 6) is -2.50. The average Bonchev–Trinajstić information content (AvgIpc) is 2.86. The predicted octanol–water partition coefficient (Wildman–Crippen LogP) is 1.49. The molecule has 1 heterocycles. The van der Waals surface area contributed by atoms with Crippen LogP contribution in [0.2, 0.25) is 5.02 Å². The molecule has 0 spiro atoms. The van der Waals surface area contributed by atoms with Crippen molar-refractivity contribution in [3.05, 3.63) is 34.1 Å². The van der Waals surface area contributed by atoms with Crippen molar-refractivity contribution < 1.29 is 23.5 Å². The lowest BCUT2D eigenvalue weighted by Gasteiger charge is -2.12. The highest BCUT2D eigenvalue weighted by molar-refractivity contribution is 6.31. The van der Waals surface area contributed by atoms with Gasteiger partial charge < -0.3 is 15.7 Å². The van der Waals surface area contributed by atoms with E-state index in [1.165, 1.54) is 0 Å². The summed E-state index contributed by atoms with van der Waals surface area (Å²) in [6, 6.07) is 1.43. The van der Waals surface area contributed by atoms with Crippen LogP contribution in [0.25, 0.3) is 0 Å². The Bertz CT molecular complexity index is 583. The van der Waals surface area contributed by atoms with Gasteiger partial charge in [0.15, 0.2) is 0 Å². The summed E-state index contributed by atoms with van der Waals surface area (Å²) in [4.78, 5) is 22.6. The molecule has 114 valence electrons. The van der Waals surface area contributed by atoms with Gasteiger partial charge in [-0.25, -0.2) is 13.6 Å². The van der Waals surface area contributed by atoms with Gasteiger partial charge in [0.1, 0.15) is 12.0 Å². The Morgan fingerprint density at radius 1 is 1.48 bits per heavy atom. The molecule has 0 unspecified atom stereocenters. The zero-order chi connectivity index (χ0) is 15.6. The second kappa shape index (κ2) is 6.36. The van der Waals surface area contributed by atoms with E-state index >= 15 is 0 Å². The SMILES string of the molecule is O=C(O)c1cc(Cl)c(F)c(CNC(=O)[C@@H]2C[C@@H](F)CN2)c1. The second-order valence-corrected chi connectivity index (χ2v) is 5.16. The minimum Gasteiger partial charge on any atom is -0.478 e. The molecule has 1 aliphatic rings. The number of carbonyl (C=O) groups excluding carboxylic acids is 1. The Morgan fingerprint density at radius 2 is 2.19 bits per heavy atom. The molecule has 2 rings (SSSR count). The molecule has 0 aromatic heterocycles. The van der Waals surface area contributed by atoms with E-state index in [4.69, 9.17) is 16.7 Å². The lowest BCUT2D eigenvalue weighted by atomic mass is 10.1. The Hall–Kier alpha value is -1.73. The average molecular weight is 319 g/mol. The maximum absolute atomic E-state index is 13.8. The molecule has 8 heteroatoms. The molecule has 0 bridgehead atoms. The number of carboxylic acids is 1. The summed E-state index contributed by atoms with van der Waals surface area (Å²) in [5, 5.41) is 13.7. The Balaban J connectivity index is 2.06. The zero-order valence-electron chi connectivity index (χ0n) is 10.8. The first-order chi connectivity index (χ1) is 9.88. The summed E-state index contributed by atoms with van der Waals surface area (Å²) in [5.41, 5.74) is -0.212. The molecular formula is C13H13ClF2N2O3. The van der Waals surface area contributed by atoms with E-state index in [9.17, 15) is 18.4 Å². The third-order valence-corrected chi connectivity index (χ3v) is 3.47. The Kier molecular flexibility index (Phi) is 4.74. The number of amides is 1. The quantitative estimate of drug-likeness (QED) is 0.786. The summed E-state index contributed by atoms with van der Waals surface area (Å²) >= 11 is 5.61. The molecule has 1 aliphatic heterocycles. The Labute approximate surface area is 124 Å². The van der Waals surface area contributed by atoms with Gasteiger partial charge in [-0.3, -0.25) is 4.79 Å². The highest BCUT2D eigenvalue weighted by atomic mass is 35.5. The van der Waals surface area contributed by atoms with Gasteiger partial charge in [0, 0.05) is 25.1 Å². The largest absolute Gasteiger partial charge is 0.478 e. The fourth-order valence-corrected chi connectivity index (χ4v) is 2.33. The highest BCUT2D eigenvalue weighted by Gasteiger charge is 2.29. The van der Waals surface area contributed by atoms with Crippen LogP contribution in [0.4, 0.5) is 8.78 Å². The first kappa shape index (κ1) is 15.7.